The van der Waals surface area contributed by atoms with Gasteiger partial charge in [-0.3, -0.25) is 0 Å². The number of esters is 1. The van der Waals surface area contributed by atoms with Gasteiger partial charge in [0.15, 0.2) is 5.60 Å². The van der Waals surface area contributed by atoms with Crippen molar-refractivity contribution in [3.05, 3.63) is 35.5 Å². The molecule has 5 heteroatoms. The van der Waals surface area contributed by atoms with Gasteiger partial charge in [-0.2, -0.15) is 0 Å². The number of hydrogen-bond donors (Lipinski definition) is 3. The summed E-state index contributed by atoms with van der Waals surface area (Å²) in [5.74, 6) is 1.06. The molecule has 0 bridgehead atoms. The average Bonchev–Trinajstić information content (AvgIpc) is 3.18. The molecule has 1 heterocycles. The van der Waals surface area contributed by atoms with Crippen LogP contribution in [-0.4, -0.2) is 45.2 Å². The molecule has 1 saturated heterocycles. The standard InChI is InChI=1S/C27H40O5/c1-16(12-21-15-27(4,31)25(30)32-21)22-9-10-23-18(6-5-11-26(22,23)3)7-8-19-13-20(28)14-24(29)17(19)2/h7-8,16,20-24,28-29,31H,2,5-6,9-15H2,1,3-4H3/t16-,20-,21?,22-,23?,24?,26-,27?/m1/s1. The SMILES string of the molecule is C=C1C(=CC=C2CCC[C@@]3(C)C2CC[C@@H]3[C@H](C)CC2CC(C)(O)C(=O)O2)C[C@@H](O)CC1O. The van der Waals surface area contributed by atoms with Crippen molar-refractivity contribution in [3.8, 4) is 0 Å². The van der Waals surface area contributed by atoms with Crippen LogP contribution in [0.3, 0.4) is 0 Å². The number of hydrogen-bond acceptors (Lipinski definition) is 5. The molecule has 3 saturated carbocycles. The first-order valence-corrected chi connectivity index (χ1v) is 12.4. The average molecular weight is 445 g/mol. The molecule has 32 heavy (non-hydrogen) atoms. The first-order chi connectivity index (χ1) is 15.0. The largest absolute Gasteiger partial charge is 0.460 e. The van der Waals surface area contributed by atoms with Crippen molar-refractivity contribution in [1.29, 1.82) is 0 Å². The van der Waals surface area contributed by atoms with Gasteiger partial charge in [0, 0.05) is 12.8 Å². The summed E-state index contributed by atoms with van der Waals surface area (Å²) in [7, 11) is 0. The summed E-state index contributed by atoms with van der Waals surface area (Å²) in [5.41, 5.74) is 2.08. The molecule has 0 aromatic carbocycles. The van der Waals surface area contributed by atoms with E-state index in [9.17, 15) is 20.1 Å². The second-order valence-corrected chi connectivity index (χ2v) is 11.4. The van der Waals surface area contributed by atoms with Crippen LogP contribution in [-0.2, 0) is 9.53 Å². The van der Waals surface area contributed by atoms with E-state index in [0.29, 0.717) is 37.0 Å². The maximum absolute atomic E-state index is 11.9. The second kappa shape index (κ2) is 8.73. The molecule has 4 rings (SSSR count). The minimum absolute atomic E-state index is 0.186. The lowest BCUT2D eigenvalue weighted by molar-refractivity contribution is -0.154. The zero-order valence-electron chi connectivity index (χ0n) is 19.8. The van der Waals surface area contributed by atoms with E-state index in [2.05, 4.69) is 32.6 Å². The fourth-order valence-electron chi connectivity index (χ4n) is 7.24. The number of allylic oxidation sites excluding steroid dienone is 3. The van der Waals surface area contributed by atoms with Crippen LogP contribution >= 0.6 is 0 Å². The van der Waals surface area contributed by atoms with Crippen molar-refractivity contribution in [3.63, 3.8) is 0 Å². The topological polar surface area (TPSA) is 87.0 Å². The van der Waals surface area contributed by atoms with E-state index in [1.807, 2.05) is 0 Å². The molecule has 3 aliphatic carbocycles. The molecular weight excluding hydrogens is 404 g/mol. The molecule has 5 nitrogen and oxygen atoms in total. The van der Waals surface area contributed by atoms with Crippen LogP contribution in [0.15, 0.2) is 35.5 Å². The quantitative estimate of drug-likeness (QED) is 0.565. The molecule has 0 spiro atoms. The Morgan fingerprint density at radius 2 is 2.00 bits per heavy atom. The Kier molecular flexibility index (Phi) is 6.47. The van der Waals surface area contributed by atoms with Gasteiger partial charge in [0.25, 0.3) is 0 Å². The first-order valence-electron chi connectivity index (χ1n) is 12.4. The molecule has 4 fully saturated rings. The molecule has 0 radical (unpaired) electrons. The molecule has 3 N–H and O–H groups in total. The monoisotopic (exact) mass is 444 g/mol. The smallest absolute Gasteiger partial charge is 0.338 e. The molecule has 0 amide bonds. The number of carbonyl (C=O) groups is 1. The van der Waals surface area contributed by atoms with Crippen molar-refractivity contribution in [2.24, 2.45) is 23.2 Å². The second-order valence-electron chi connectivity index (χ2n) is 11.4. The highest BCUT2D eigenvalue weighted by molar-refractivity contribution is 5.80. The number of ether oxygens (including phenoxy) is 1. The third-order valence-corrected chi connectivity index (χ3v) is 8.96. The summed E-state index contributed by atoms with van der Waals surface area (Å²) in [6.07, 6.45) is 11.0. The number of carbonyl (C=O) groups excluding carboxylic acids is 1. The van der Waals surface area contributed by atoms with Gasteiger partial charge in [-0.05, 0) is 86.2 Å². The summed E-state index contributed by atoms with van der Waals surface area (Å²) in [5, 5.41) is 30.4. The summed E-state index contributed by atoms with van der Waals surface area (Å²) in [6, 6.07) is 0. The van der Waals surface area contributed by atoms with E-state index >= 15 is 0 Å². The van der Waals surface area contributed by atoms with Gasteiger partial charge in [0.05, 0.1) is 12.2 Å². The molecule has 0 aromatic heterocycles. The fourth-order valence-corrected chi connectivity index (χ4v) is 7.24. The summed E-state index contributed by atoms with van der Waals surface area (Å²) >= 11 is 0. The van der Waals surface area contributed by atoms with Crippen molar-refractivity contribution in [2.75, 3.05) is 0 Å². The molecule has 8 atom stereocenters. The van der Waals surface area contributed by atoms with E-state index in [-0.39, 0.29) is 11.5 Å². The van der Waals surface area contributed by atoms with Crippen LogP contribution in [0.4, 0.5) is 0 Å². The van der Waals surface area contributed by atoms with E-state index in [0.717, 1.165) is 24.0 Å². The summed E-state index contributed by atoms with van der Waals surface area (Å²) in [4.78, 5) is 11.9. The summed E-state index contributed by atoms with van der Waals surface area (Å²) < 4.78 is 5.47. The molecular formula is C27H40O5. The zero-order chi connectivity index (χ0) is 23.3. The van der Waals surface area contributed by atoms with E-state index in [4.69, 9.17) is 4.74 Å². The van der Waals surface area contributed by atoms with Crippen molar-refractivity contribution < 1.29 is 24.9 Å². The Morgan fingerprint density at radius 1 is 1.25 bits per heavy atom. The fraction of sp³-hybridized carbons (Fsp3) is 0.741. The lowest BCUT2D eigenvalue weighted by atomic mass is 9.60. The van der Waals surface area contributed by atoms with Gasteiger partial charge in [0.2, 0.25) is 0 Å². The minimum Gasteiger partial charge on any atom is -0.460 e. The van der Waals surface area contributed by atoms with Gasteiger partial charge in [-0.15, -0.1) is 0 Å². The highest BCUT2D eigenvalue weighted by atomic mass is 16.6. The lowest BCUT2D eigenvalue weighted by Gasteiger charge is -2.44. The van der Waals surface area contributed by atoms with Crippen molar-refractivity contribution in [1.82, 2.24) is 0 Å². The number of aliphatic hydroxyl groups excluding tert-OH is 2. The van der Waals surface area contributed by atoms with E-state index < -0.39 is 23.8 Å². The predicted octanol–water partition coefficient (Wildman–Crippen LogP) is 4.22. The Balaban J connectivity index is 1.47. The van der Waals surface area contributed by atoms with Crippen LogP contribution in [0.1, 0.15) is 78.6 Å². The minimum atomic E-state index is -1.34. The van der Waals surface area contributed by atoms with Crippen molar-refractivity contribution >= 4 is 5.97 Å². The third kappa shape index (κ3) is 4.36. The molecule has 4 unspecified atom stereocenters. The highest BCUT2D eigenvalue weighted by Gasteiger charge is 2.52. The van der Waals surface area contributed by atoms with Gasteiger partial charge >= 0.3 is 5.97 Å². The van der Waals surface area contributed by atoms with E-state index in [1.165, 1.54) is 31.3 Å². The first kappa shape index (κ1) is 23.7. The lowest BCUT2D eigenvalue weighted by Crippen LogP contribution is -2.36. The number of rotatable bonds is 4. The zero-order valence-corrected chi connectivity index (χ0v) is 19.8. The molecule has 4 aliphatic rings. The van der Waals surface area contributed by atoms with Gasteiger partial charge in [0.1, 0.15) is 6.10 Å². The Hall–Kier alpha value is -1.43. The maximum Gasteiger partial charge on any atom is 0.338 e. The Bertz CT molecular complexity index is 824. The highest BCUT2D eigenvalue weighted by Crippen LogP contribution is 2.60. The normalized spacial score (nSPS) is 45.9. The number of cyclic esters (lactones) is 1. The van der Waals surface area contributed by atoms with Crippen LogP contribution in [0.25, 0.3) is 0 Å². The van der Waals surface area contributed by atoms with Gasteiger partial charge in [-0.1, -0.05) is 38.2 Å². The van der Waals surface area contributed by atoms with Crippen LogP contribution < -0.4 is 0 Å². The molecule has 178 valence electrons. The van der Waals surface area contributed by atoms with Crippen LogP contribution in [0, 0.1) is 23.2 Å². The van der Waals surface area contributed by atoms with E-state index in [1.54, 1.807) is 6.92 Å². The molecule has 0 aromatic rings. The Labute approximate surface area is 192 Å². The number of fused-ring (bicyclic) bond motifs is 1. The van der Waals surface area contributed by atoms with Gasteiger partial charge < -0.3 is 20.1 Å². The third-order valence-electron chi connectivity index (χ3n) is 8.96. The Morgan fingerprint density at radius 3 is 2.69 bits per heavy atom. The predicted molar refractivity (Wildman–Crippen MR) is 124 cm³/mol. The molecule has 1 aliphatic heterocycles. The van der Waals surface area contributed by atoms with Crippen LogP contribution in [0.2, 0.25) is 0 Å². The number of aliphatic hydroxyl groups is 3. The van der Waals surface area contributed by atoms with Crippen molar-refractivity contribution in [2.45, 2.75) is 102 Å². The van der Waals surface area contributed by atoms with Gasteiger partial charge in [-0.25, -0.2) is 4.79 Å². The maximum atomic E-state index is 11.9. The van der Waals surface area contributed by atoms with Crippen LogP contribution in [0.5, 0.6) is 0 Å². The summed E-state index contributed by atoms with van der Waals surface area (Å²) in [6.45, 7) is 10.3.